The molecule has 1 aromatic heterocycles. The average Bonchev–Trinajstić information content (AvgIpc) is 3.38. The summed E-state index contributed by atoms with van der Waals surface area (Å²) in [6.45, 7) is 5.52. The molecule has 7 heteroatoms. The molecule has 0 aromatic carbocycles. The zero-order chi connectivity index (χ0) is 22.9. The number of ether oxygens (including phenoxy) is 1. The molecule has 3 fully saturated rings. The van der Waals surface area contributed by atoms with Gasteiger partial charge in [0, 0.05) is 76.7 Å². The van der Waals surface area contributed by atoms with Crippen LogP contribution < -0.4 is 5.32 Å². The summed E-state index contributed by atoms with van der Waals surface area (Å²) in [7, 11) is 0. The number of hydrogen-bond acceptors (Lipinski definition) is 5. The molecule has 1 N–H and O–H groups in total. The summed E-state index contributed by atoms with van der Waals surface area (Å²) in [6.07, 6.45) is 13.0. The van der Waals surface area contributed by atoms with Crippen LogP contribution in [0.1, 0.15) is 63.4 Å². The molecule has 1 atom stereocenters. The third-order valence-corrected chi connectivity index (χ3v) is 7.64. The Morgan fingerprint density at radius 3 is 2.45 bits per heavy atom. The number of hydrogen-bond donors (Lipinski definition) is 1. The van der Waals surface area contributed by atoms with Gasteiger partial charge in [-0.05, 0) is 75.0 Å². The van der Waals surface area contributed by atoms with Gasteiger partial charge in [0.25, 0.3) is 0 Å². The fraction of sp³-hybridized carbons (Fsp3) is 0.731. The number of nitrogens with one attached hydrogen (secondary N) is 1. The van der Waals surface area contributed by atoms with Crippen molar-refractivity contribution in [3.63, 3.8) is 0 Å². The van der Waals surface area contributed by atoms with Crippen molar-refractivity contribution in [1.82, 2.24) is 20.1 Å². The first-order valence-electron chi connectivity index (χ1n) is 12.9. The van der Waals surface area contributed by atoms with Crippen LogP contribution in [-0.2, 0) is 20.7 Å². The maximum atomic E-state index is 12.6. The molecule has 33 heavy (non-hydrogen) atoms. The fourth-order valence-corrected chi connectivity index (χ4v) is 5.49. The molecule has 0 aliphatic carbocycles. The summed E-state index contributed by atoms with van der Waals surface area (Å²) >= 11 is 0. The number of carbonyl (C=O) groups excluding carboxylic acids is 2. The molecule has 182 valence electrons. The Kier molecular flexibility index (Phi) is 9.12. The quantitative estimate of drug-likeness (QED) is 0.619. The largest absolute Gasteiger partial charge is 0.381 e. The molecular weight excluding hydrogens is 416 g/mol. The molecule has 1 aromatic rings. The van der Waals surface area contributed by atoms with Gasteiger partial charge in [-0.3, -0.25) is 14.6 Å². The molecule has 3 saturated heterocycles. The monoisotopic (exact) mass is 456 g/mol. The van der Waals surface area contributed by atoms with Crippen molar-refractivity contribution in [2.24, 2.45) is 5.92 Å². The minimum atomic E-state index is 0.205. The van der Waals surface area contributed by atoms with Crippen LogP contribution in [-0.4, -0.2) is 78.1 Å². The Labute approximate surface area is 198 Å². The van der Waals surface area contributed by atoms with E-state index < -0.39 is 0 Å². The Morgan fingerprint density at radius 2 is 1.76 bits per heavy atom. The molecule has 1 unspecified atom stereocenters. The Hall–Kier alpha value is -1.99. The Morgan fingerprint density at radius 1 is 1.00 bits per heavy atom. The maximum absolute atomic E-state index is 12.6. The van der Waals surface area contributed by atoms with Crippen molar-refractivity contribution < 1.29 is 14.3 Å². The molecule has 4 rings (SSSR count). The van der Waals surface area contributed by atoms with Crippen LogP contribution in [0.4, 0.5) is 0 Å². The third kappa shape index (κ3) is 7.51. The van der Waals surface area contributed by atoms with E-state index in [4.69, 9.17) is 4.74 Å². The second-order valence-corrected chi connectivity index (χ2v) is 9.97. The SMILES string of the molecule is O=C(CCC1CCOC1)NC1CCN(C2CCN(C(=O)CCCc3ccncc3)CC2)CC1. The van der Waals surface area contributed by atoms with E-state index in [1.807, 2.05) is 24.5 Å². The van der Waals surface area contributed by atoms with E-state index in [9.17, 15) is 9.59 Å². The minimum Gasteiger partial charge on any atom is -0.381 e. The molecule has 0 saturated carbocycles. The fourth-order valence-electron chi connectivity index (χ4n) is 5.49. The highest BCUT2D eigenvalue weighted by Gasteiger charge is 2.30. The standard InChI is InChI=1S/C26H40N4O3/c31-25(5-4-22-12-19-33-20-22)28-23-8-15-29(16-9-23)24-10-17-30(18-11-24)26(32)3-1-2-21-6-13-27-14-7-21/h6-7,13-14,22-24H,1-5,8-12,15-20H2,(H,28,31). The van der Waals surface area contributed by atoms with Crippen LogP contribution in [0.5, 0.6) is 0 Å². The number of pyridine rings is 1. The van der Waals surface area contributed by atoms with E-state index in [1.54, 1.807) is 0 Å². The van der Waals surface area contributed by atoms with Crippen LogP contribution in [0, 0.1) is 5.92 Å². The lowest BCUT2D eigenvalue weighted by Gasteiger charge is -2.42. The molecule has 2 amide bonds. The molecule has 0 radical (unpaired) electrons. The average molecular weight is 457 g/mol. The molecule has 4 heterocycles. The summed E-state index contributed by atoms with van der Waals surface area (Å²) in [5.41, 5.74) is 1.25. The van der Waals surface area contributed by atoms with Gasteiger partial charge < -0.3 is 19.9 Å². The number of amides is 2. The summed E-state index contributed by atoms with van der Waals surface area (Å²) in [5.74, 6) is 1.07. The molecule has 0 bridgehead atoms. The molecule has 7 nitrogen and oxygen atoms in total. The van der Waals surface area contributed by atoms with Crippen molar-refractivity contribution in [3.05, 3.63) is 30.1 Å². The van der Waals surface area contributed by atoms with E-state index >= 15 is 0 Å². The van der Waals surface area contributed by atoms with Crippen molar-refractivity contribution in [2.45, 2.75) is 76.3 Å². The normalized spacial score (nSPS) is 23.0. The first-order valence-corrected chi connectivity index (χ1v) is 12.9. The van der Waals surface area contributed by atoms with Crippen molar-refractivity contribution in [2.75, 3.05) is 39.4 Å². The summed E-state index contributed by atoms with van der Waals surface area (Å²) < 4.78 is 5.40. The second kappa shape index (κ2) is 12.5. The summed E-state index contributed by atoms with van der Waals surface area (Å²) in [5, 5.41) is 3.26. The number of piperidine rings is 2. The van der Waals surface area contributed by atoms with Crippen molar-refractivity contribution in [3.8, 4) is 0 Å². The van der Waals surface area contributed by atoms with Gasteiger partial charge in [0.15, 0.2) is 0 Å². The van der Waals surface area contributed by atoms with Crippen LogP contribution in [0.15, 0.2) is 24.5 Å². The zero-order valence-corrected chi connectivity index (χ0v) is 19.9. The van der Waals surface area contributed by atoms with Crippen LogP contribution >= 0.6 is 0 Å². The maximum Gasteiger partial charge on any atom is 0.222 e. The van der Waals surface area contributed by atoms with Gasteiger partial charge in [-0.1, -0.05) is 0 Å². The highest BCUT2D eigenvalue weighted by atomic mass is 16.5. The number of rotatable bonds is 9. The van der Waals surface area contributed by atoms with Crippen molar-refractivity contribution in [1.29, 1.82) is 0 Å². The zero-order valence-electron chi connectivity index (χ0n) is 19.9. The van der Waals surface area contributed by atoms with Gasteiger partial charge in [0.1, 0.15) is 0 Å². The van der Waals surface area contributed by atoms with Crippen molar-refractivity contribution >= 4 is 11.8 Å². The highest BCUT2D eigenvalue weighted by Crippen LogP contribution is 2.22. The van der Waals surface area contributed by atoms with Gasteiger partial charge in [-0.2, -0.15) is 0 Å². The molecule has 0 spiro atoms. The Bertz CT molecular complexity index is 737. The summed E-state index contributed by atoms with van der Waals surface area (Å²) in [6, 6.07) is 4.94. The number of aryl methyl sites for hydroxylation is 1. The lowest BCUT2D eigenvalue weighted by atomic mass is 9.97. The Balaban J connectivity index is 1.08. The molecule has 3 aliphatic heterocycles. The smallest absolute Gasteiger partial charge is 0.222 e. The number of likely N-dealkylation sites (tertiary alicyclic amines) is 2. The van der Waals surface area contributed by atoms with E-state index in [0.717, 1.165) is 90.8 Å². The predicted octanol–water partition coefficient (Wildman–Crippen LogP) is 2.79. The van der Waals surface area contributed by atoms with E-state index in [0.29, 0.717) is 36.8 Å². The van der Waals surface area contributed by atoms with Gasteiger partial charge >= 0.3 is 0 Å². The summed E-state index contributed by atoms with van der Waals surface area (Å²) in [4.78, 5) is 33.6. The lowest BCUT2D eigenvalue weighted by Crippen LogP contribution is -2.51. The second-order valence-electron chi connectivity index (χ2n) is 9.97. The molecule has 3 aliphatic rings. The lowest BCUT2D eigenvalue weighted by molar-refractivity contribution is -0.132. The van der Waals surface area contributed by atoms with Gasteiger partial charge in [0.2, 0.25) is 11.8 Å². The minimum absolute atomic E-state index is 0.205. The molecular formula is C26H40N4O3. The number of nitrogens with zero attached hydrogens (tertiary/aromatic N) is 3. The first kappa shape index (κ1) is 24.1. The van der Waals surface area contributed by atoms with Gasteiger partial charge in [-0.15, -0.1) is 0 Å². The predicted molar refractivity (Wildman–Crippen MR) is 128 cm³/mol. The van der Waals surface area contributed by atoms with Gasteiger partial charge in [0.05, 0.1) is 0 Å². The van der Waals surface area contributed by atoms with E-state index in [1.165, 1.54) is 5.56 Å². The van der Waals surface area contributed by atoms with Crippen LogP contribution in [0.2, 0.25) is 0 Å². The van der Waals surface area contributed by atoms with Gasteiger partial charge in [-0.25, -0.2) is 0 Å². The topological polar surface area (TPSA) is 74.8 Å². The first-order chi connectivity index (χ1) is 16.2. The van der Waals surface area contributed by atoms with Crippen LogP contribution in [0.3, 0.4) is 0 Å². The number of carbonyl (C=O) groups is 2. The third-order valence-electron chi connectivity index (χ3n) is 7.64. The highest BCUT2D eigenvalue weighted by molar-refractivity contribution is 5.76. The van der Waals surface area contributed by atoms with E-state index in [-0.39, 0.29) is 5.91 Å². The van der Waals surface area contributed by atoms with Crippen LogP contribution in [0.25, 0.3) is 0 Å². The van der Waals surface area contributed by atoms with E-state index in [2.05, 4.69) is 20.1 Å². The number of aromatic nitrogens is 1.